The summed E-state index contributed by atoms with van der Waals surface area (Å²) >= 11 is 0. The Bertz CT molecular complexity index is 1090. The molecular formula is C22H18N4O3. The van der Waals surface area contributed by atoms with E-state index in [1.807, 2.05) is 61.5 Å². The average Bonchev–Trinajstić information content (AvgIpc) is 2.84. The largest absolute Gasteiger partial charge is 0.349 e. The second-order valence-electron chi connectivity index (χ2n) is 6.64. The lowest BCUT2D eigenvalue weighted by molar-refractivity contribution is -0.384. The molecule has 0 saturated heterocycles. The maximum Gasteiger partial charge on any atom is 0.349 e. The number of carbonyl (C=O) groups excluding carboxylic acids is 1. The first-order valence-electron chi connectivity index (χ1n) is 9.09. The normalized spacial score (nSPS) is 13.6. The molecule has 3 aromatic carbocycles. The lowest BCUT2D eigenvalue weighted by Crippen LogP contribution is -2.36. The summed E-state index contributed by atoms with van der Waals surface area (Å²) in [5.74, 6) is 0. The fourth-order valence-electron chi connectivity index (χ4n) is 3.30. The highest BCUT2D eigenvalue weighted by Gasteiger charge is 2.30. The third-order valence-corrected chi connectivity index (χ3v) is 4.71. The van der Waals surface area contributed by atoms with Crippen LogP contribution in [0.5, 0.6) is 0 Å². The molecule has 1 aliphatic rings. The van der Waals surface area contributed by atoms with E-state index in [0.717, 1.165) is 11.1 Å². The first-order valence-corrected chi connectivity index (χ1v) is 9.09. The number of benzene rings is 3. The van der Waals surface area contributed by atoms with Gasteiger partial charge >= 0.3 is 6.03 Å². The molecule has 7 heteroatoms. The van der Waals surface area contributed by atoms with Gasteiger partial charge in [-0.1, -0.05) is 48.5 Å². The second kappa shape index (κ2) is 7.55. The van der Waals surface area contributed by atoms with Crippen LogP contribution in [0.3, 0.4) is 0 Å². The van der Waals surface area contributed by atoms with Crippen molar-refractivity contribution in [1.29, 1.82) is 0 Å². The average molecular weight is 386 g/mol. The number of fused-ring (bicyclic) bond motifs is 1. The van der Waals surface area contributed by atoms with Crippen molar-refractivity contribution < 1.29 is 9.72 Å². The van der Waals surface area contributed by atoms with Crippen LogP contribution in [0.1, 0.15) is 18.1 Å². The molecule has 29 heavy (non-hydrogen) atoms. The molecule has 144 valence electrons. The molecule has 2 amide bonds. The Morgan fingerprint density at radius 1 is 0.931 bits per heavy atom. The summed E-state index contributed by atoms with van der Waals surface area (Å²) in [5.41, 5.74) is 3.69. The number of nitrogens with zero attached hydrogens (tertiary/aromatic N) is 4. The number of para-hydroxylation sites is 1. The van der Waals surface area contributed by atoms with Crippen LogP contribution >= 0.6 is 0 Å². The standard InChI is InChI=1S/C22H18N4O3/c1-16-20-9-5-6-10-21(20)25(18-11-13-19(14-12-18)26(28)29)22(27)24(23-16)15-17-7-3-2-4-8-17/h2-14H,15H2,1H3. The number of amides is 2. The Morgan fingerprint density at radius 3 is 2.28 bits per heavy atom. The zero-order valence-corrected chi connectivity index (χ0v) is 15.7. The summed E-state index contributed by atoms with van der Waals surface area (Å²) in [6.45, 7) is 2.18. The molecule has 7 nitrogen and oxygen atoms in total. The van der Waals surface area contributed by atoms with Gasteiger partial charge in [0.2, 0.25) is 0 Å². The van der Waals surface area contributed by atoms with Crippen LogP contribution in [0.25, 0.3) is 0 Å². The summed E-state index contributed by atoms with van der Waals surface area (Å²) in [6.07, 6.45) is 0. The van der Waals surface area contributed by atoms with Gasteiger partial charge in [-0.2, -0.15) is 5.10 Å². The van der Waals surface area contributed by atoms with Gasteiger partial charge in [0.05, 0.1) is 28.6 Å². The van der Waals surface area contributed by atoms with Gasteiger partial charge in [-0.3, -0.25) is 15.0 Å². The van der Waals surface area contributed by atoms with Gasteiger partial charge < -0.3 is 0 Å². The van der Waals surface area contributed by atoms with Crippen LogP contribution in [-0.4, -0.2) is 21.7 Å². The number of urea groups is 1. The van der Waals surface area contributed by atoms with Crippen LogP contribution in [0.2, 0.25) is 0 Å². The predicted octanol–water partition coefficient (Wildman–Crippen LogP) is 5.09. The first kappa shape index (κ1) is 18.4. The smallest absolute Gasteiger partial charge is 0.261 e. The van der Waals surface area contributed by atoms with E-state index in [9.17, 15) is 14.9 Å². The number of nitro groups is 1. The van der Waals surface area contributed by atoms with E-state index >= 15 is 0 Å². The van der Waals surface area contributed by atoms with Gasteiger partial charge in [0, 0.05) is 17.7 Å². The number of hydrazone groups is 1. The van der Waals surface area contributed by atoms with Gasteiger partial charge in [-0.05, 0) is 30.7 Å². The number of rotatable bonds is 4. The molecule has 1 aliphatic heterocycles. The molecule has 0 N–H and O–H groups in total. The number of carbonyl (C=O) groups is 1. The summed E-state index contributed by atoms with van der Waals surface area (Å²) in [4.78, 5) is 25.6. The molecule has 0 fully saturated rings. The monoisotopic (exact) mass is 386 g/mol. The number of hydrogen-bond acceptors (Lipinski definition) is 4. The van der Waals surface area contributed by atoms with E-state index in [1.54, 1.807) is 17.0 Å². The Balaban J connectivity index is 1.80. The summed E-state index contributed by atoms with van der Waals surface area (Å²) in [7, 11) is 0. The Morgan fingerprint density at radius 2 is 1.59 bits per heavy atom. The van der Waals surface area contributed by atoms with E-state index in [-0.39, 0.29) is 11.7 Å². The molecule has 0 aromatic heterocycles. The minimum atomic E-state index is -0.461. The Labute approximate surface area is 167 Å². The van der Waals surface area contributed by atoms with Gasteiger partial charge in [0.1, 0.15) is 0 Å². The van der Waals surface area contributed by atoms with Crippen molar-refractivity contribution in [3.63, 3.8) is 0 Å². The van der Waals surface area contributed by atoms with E-state index in [0.29, 0.717) is 23.6 Å². The number of nitro benzene ring substituents is 1. The number of hydrogen-bond donors (Lipinski definition) is 0. The van der Waals surface area contributed by atoms with Crippen LogP contribution in [0.4, 0.5) is 21.9 Å². The van der Waals surface area contributed by atoms with Crippen molar-refractivity contribution in [3.05, 3.63) is 100 Å². The van der Waals surface area contributed by atoms with Gasteiger partial charge in [-0.25, -0.2) is 9.80 Å². The van der Waals surface area contributed by atoms with E-state index in [2.05, 4.69) is 5.10 Å². The van der Waals surface area contributed by atoms with Crippen molar-refractivity contribution in [2.24, 2.45) is 5.10 Å². The third-order valence-electron chi connectivity index (χ3n) is 4.71. The maximum absolute atomic E-state index is 13.5. The molecule has 3 aromatic rings. The second-order valence-corrected chi connectivity index (χ2v) is 6.64. The summed E-state index contributed by atoms with van der Waals surface area (Å²) in [5, 5.41) is 17.0. The van der Waals surface area contributed by atoms with Crippen LogP contribution in [-0.2, 0) is 6.54 Å². The van der Waals surface area contributed by atoms with Crippen molar-refractivity contribution in [1.82, 2.24) is 5.01 Å². The molecule has 0 atom stereocenters. The summed E-state index contributed by atoms with van der Waals surface area (Å²) in [6, 6.07) is 22.7. The third kappa shape index (κ3) is 3.58. The van der Waals surface area contributed by atoms with Gasteiger partial charge in [0.25, 0.3) is 5.69 Å². The van der Waals surface area contributed by atoms with E-state index < -0.39 is 4.92 Å². The number of non-ortho nitro benzene ring substituents is 1. The molecule has 0 saturated carbocycles. The minimum Gasteiger partial charge on any atom is -0.261 e. The highest BCUT2D eigenvalue weighted by Crippen LogP contribution is 2.34. The topological polar surface area (TPSA) is 79.0 Å². The van der Waals surface area contributed by atoms with Gasteiger partial charge in [-0.15, -0.1) is 0 Å². The molecule has 0 unspecified atom stereocenters. The molecule has 0 spiro atoms. The SMILES string of the molecule is CC1=NN(Cc2ccccc2)C(=O)N(c2ccc([N+](=O)[O-])cc2)c2ccccc21. The quantitative estimate of drug-likeness (QED) is 0.463. The van der Waals surface area contributed by atoms with Crippen molar-refractivity contribution in [3.8, 4) is 0 Å². The van der Waals surface area contributed by atoms with Crippen molar-refractivity contribution in [2.75, 3.05) is 4.90 Å². The molecule has 0 bridgehead atoms. The van der Waals surface area contributed by atoms with Gasteiger partial charge in [0.15, 0.2) is 0 Å². The number of anilines is 2. The van der Waals surface area contributed by atoms with Crippen molar-refractivity contribution in [2.45, 2.75) is 13.5 Å². The molecular weight excluding hydrogens is 368 g/mol. The fourth-order valence-corrected chi connectivity index (χ4v) is 3.30. The lowest BCUT2D eigenvalue weighted by Gasteiger charge is -2.26. The van der Waals surface area contributed by atoms with Crippen LogP contribution < -0.4 is 4.90 Å². The Kier molecular flexibility index (Phi) is 4.78. The van der Waals surface area contributed by atoms with Crippen LogP contribution in [0.15, 0.2) is 84.0 Å². The van der Waals surface area contributed by atoms with Crippen LogP contribution in [0, 0.1) is 10.1 Å². The molecule has 0 aliphatic carbocycles. The first-order chi connectivity index (χ1) is 14.0. The predicted molar refractivity (Wildman–Crippen MR) is 111 cm³/mol. The highest BCUT2D eigenvalue weighted by molar-refractivity contribution is 6.12. The van der Waals surface area contributed by atoms with E-state index in [1.165, 1.54) is 17.1 Å². The Hall–Kier alpha value is -4.00. The molecule has 1 heterocycles. The fraction of sp³-hybridized carbons (Fsp3) is 0.0909. The lowest BCUT2D eigenvalue weighted by atomic mass is 10.1. The zero-order chi connectivity index (χ0) is 20.4. The minimum absolute atomic E-state index is 0.0297. The highest BCUT2D eigenvalue weighted by atomic mass is 16.6. The zero-order valence-electron chi connectivity index (χ0n) is 15.7. The maximum atomic E-state index is 13.5. The van der Waals surface area contributed by atoms with E-state index in [4.69, 9.17) is 0 Å². The molecule has 4 rings (SSSR count). The summed E-state index contributed by atoms with van der Waals surface area (Å²) < 4.78 is 0. The van der Waals surface area contributed by atoms with Crippen molar-refractivity contribution >= 4 is 28.8 Å². The molecule has 0 radical (unpaired) electrons.